The molecular formula is C16H16Br2FNO. The molecule has 0 bridgehead atoms. The standard InChI is InChI=1S/C16H16Br2FNO/c1-3-21-14-8-7-10(9-13(14)18)16(20-2)11-5-4-6-12(17)15(11)19/h4-9,16,20H,3H2,1-2H3. The van der Waals surface area contributed by atoms with Crippen LogP contribution in [0.3, 0.4) is 0 Å². The van der Waals surface area contributed by atoms with Gasteiger partial charge in [-0.05, 0) is 69.6 Å². The monoisotopic (exact) mass is 415 g/mol. The maximum absolute atomic E-state index is 14.3. The van der Waals surface area contributed by atoms with E-state index in [1.807, 2.05) is 38.2 Å². The average Bonchev–Trinajstić information content (AvgIpc) is 2.47. The van der Waals surface area contributed by atoms with E-state index < -0.39 is 0 Å². The highest BCUT2D eigenvalue weighted by Gasteiger charge is 2.18. The maximum Gasteiger partial charge on any atom is 0.142 e. The van der Waals surface area contributed by atoms with Crippen LogP contribution in [0.25, 0.3) is 0 Å². The van der Waals surface area contributed by atoms with E-state index in [-0.39, 0.29) is 11.9 Å². The Labute approximate surface area is 141 Å². The van der Waals surface area contributed by atoms with Crippen molar-refractivity contribution < 1.29 is 9.13 Å². The summed E-state index contributed by atoms with van der Waals surface area (Å²) in [5, 5.41) is 3.16. The van der Waals surface area contributed by atoms with Crippen molar-refractivity contribution in [3.63, 3.8) is 0 Å². The molecule has 0 aromatic heterocycles. The molecule has 0 spiro atoms. The second kappa shape index (κ2) is 7.38. The van der Waals surface area contributed by atoms with Crippen LogP contribution in [0.5, 0.6) is 5.75 Å². The Morgan fingerprint density at radius 2 is 1.95 bits per heavy atom. The molecule has 2 aromatic rings. The average molecular weight is 417 g/mol. The van der Waals surface area contributed by atoms with Gasteiger partial charge in [-0.15, -0.1) is 0 Å². The minimum Gasteiger partial charge on any atom is -0.493 e. The van der Waals surface area contributed by atoms with Crippen LogP contribution in [0.1, 0.15) is 24.1 Å². The van der Waals surface area contributed by atoms with Gasteiger partial charge >= 0.3 is 0 Å². The van der Waals surface area contributed by atoms with Crippen molar-refractivity contribution >= 4 is 31.9 Å². The first-order valence-corrected chi connectivity index (χ1v) is 8.20. The van der Waals surface area contributed by atoms with Gasteiger partial charge in [-0.2, -0.15) is 0 Å². The van der Waals surface area contributed by atoms with Crippen LogP contribution in [-0.2, 0) is 0 Å². The normalized spacial score (nSPS) is 12.2. The van der Waals surface area contributed by atoms with E-state index in [9.17, 15) is 4.39 Å². The van der Waals surface area contributed by atoms with Gasteiger partial charge < -0.3 is 10.1 Å². The van der Waals surface area contributed by atoms with E-state index in [0.29, 0.717) is 16.6 Å². The first kappa shape index (κ1) is 16.5. The van der Waals surface area contributed by atoms with Gasteiger partial charge in [0.05, 0.1) is 21.6 Å². The quantitative estimate of drug-likeness (QED) is 0.735. The third kappa shape index (κ3) is 3.65. The molecule has 0 amide bonds. The van der Waals surface area contributed by atoms with Gasteiger partial charge in [0.15, 0.2) is 0 Å². The fourth-order valence-electron chi connectivity index (χ4n) is 2.21. The van der Waals surface area contributed by atoms with E-state index in [2.05, 4.69) is 37.2 Å². The Morgan fingerprint density at radius 3 is 2.57 bits per heavy atom. The van der Waals surface area contributed by atoms with Gasteiger partial charge in [-0.1, -0.05) is 18.2 Å². The van der Waals surface area contributed by atoms with Gasteiger partial charge in [-0.3, -0.25) is 0 Å². The molecule has 0 aliphatic heterocycles. The van der Waals surface area contributed by atoms with E-state index in [4.69, 9.17) is 4.74 Å². The van der Waals surface area contributed by atoms with E-state index in [0.717, 1.165) is 15.8 Å². The fraction of sp³-hybridized carbons (Fsp3) is 0.250. The van der Waals surface area contributed by atoms with Gasteiger partial charge in [-0.25, -0.2) is 4.39 Å². The van der Waals surface area contributed by atoms with Crippen LogP contribution < -0.4 is 10.1 Å². The molecular weight excluding hydrogens is 401 g/mol. The van der Waals surface area contributed by atoms with Crippen molar-refractivity contribution in [1.82, 2.24) is 5.32 Å². The molecule has 2 rings (SSSR count). The van der Waals surface area contributed by atoms with Crippen molar-refractivity contribution in [1.29, 1.82) is 0 Å². The zero-order valence-electron chi connectivity index (χ0n) is 11.8. The summed E-state index contributed by atoms with van der Waals surface area (Å²) in [6.45, 7) is 2.54. The summed E-state index contributed by atoms with van der Waals surface area (Å²) in [7, 11) is 1.81. The second-order valence-electron chi connectivity index (χ2n) is 4.49. The molecule has 0 aliphatic rings. The molecule has 1 unspecified atom stereocenters. The molecule has 0 aliphatic carbocycles. The summed E-state index contributed by atoms with van der Waals surface area (Å²) in [5.41, 5.74) is 1.56. The number of ether oxygens (including phenoxy) is 1. The largest absolute Gasteiger partial charge is 0.493 e. The Balaban J connectivity index is 2.42. The van der Waals surface area contributed by atoms with Crippen molar-refractivity contribution in [3.8, 4) is 5.75 Å². The first-order valence-electron chi connectivity index (χ1n) is 6.61. The Kier molecular flexibility index (Phi) is 5.79. The number of rotatable bonds is 5. The summed E-state index contributed by atoms with van der Waals surface area (Å²) in [5.74, 6) is 0.535. The molecule has 2 aromatic carbocycles. The van der Waals surface area contributed by atoms with Crippen LogP contribution in [-0.4, -0.2) is 13.7 Å². The Bertz CT molecular complexity index is 634. The third-order valence-corrected chi connectivity index (χ3v) is 4.40. The van der Waals surface area contributed by atoms with Crippen LogP contribution in [0.4, 0.5) is 4.39 Å². The third-order valence-electron chi connectivity index (χ3n) is 3.17. The number of nitrogens with one attached hydrogen (secondary N) is 1. The fourth-order valence-corrected chi connectivity index (χ4v) is 3.11. The van der Waals surface area contributed by atoms with Gasteiger partial charge in [0, 0.05) is 5.56 Å². The zero-order valence-corrected chi connectivity index (χ0v) is 15.0. The lowest BCUT2D eigenvalue weighted by atomic mass is 9.98. The molecule has 0 saturated carbocycles. The zero-order chi connectivity index (χ0) is 15.4. The van der Waals surface area contributed by atoms with Crippen LogP contribution >= 0.6 is 31.9 Å². The van der Waals surface area contributed by atoms with Crippen molar-refractivity contribution in [3.05, 3.63) is 62.3 Å². The molecule has 0 saturated heterocycles. The second-order valence-corrected chi connectivity index (χ2v) is 6.20. The Hall–Kier alpha value is -0.910. The molecule has 1 N–H and O–H groups in total. The minimum atomic E-state index is -0.248. The molecule has 21 heavy (non-hydrogen) atoms. The van der Waals surface area contributed by atoms with Crippen LogP contribution in [0.2, 0.25) is 0 Å². The SMILES string of the molecule is CCOc1ccc(C(NC)c2cccc(Br)c2F)cc1Br. The van der Waals surface area contributed by atoms with E-state index >= 15 is 0 Å². The number of benzene rings is 2. The summed E-state index contributed by atoms with van der Waals surface area (Å²) >= 11 is 6.73. The number of halogens is 3. The summed E-state index contributed by atoms with van der Waals surface area (Å²) in [4.78, 5) is 0. The highest BCUT2D eigenvalue weighted by molar-refractivity contribution is 9.10. The topological polar surface area (TPSA) is 21.3 Å². The van der Waals surface area contributed by atoms with Crippen molar-refractivity contribution in [2.45, 2.75) is 13.0 Å². The highest BCUT2D eigenvalue weighted by Crippen LogP contribution is 2.33. The molecule has 112 valence electrons. The maximum atomic E-state index is 14.3. The Morgan fingerprint density at radius 1 is 1.19 bits per heavy atom. The predicted octanol–water partition coefficient (Wildman–Crippen LogP) is 5.06. The molecule has 5 heteroatoms. The van der Waals surface area contributed by atoms with Gasteiger partial charge in [0.2, 0.25) is 0 Å². The summed E-state index contributed by atoms with van der Waals surface area (Å²) in [6, 6.07) is 10.9. The van der Waals surface area contributed by atoms with Crippen molar-refractivity contribution in [2.75, 3.05) is 13.7 Å². The van der Waals surface area contributed by atoms with Crippen molar-refractivity contribution in [2.24, 2.45) is 0 Å². The smallest absolute Gasteiger partial charge is 0.142 e. The molecule has 0 heterocycles. The number of hydrogen-bond acceptors (Lipinski definition) is 2. The van der Waals surface area contributed by atoms with Crippen LogP contribution in [0.15, 0.2) is 45.3 Å². The summed E-state index contributed by atoms with van der Waals surface area (Å²) < 4.78 is 21.1. The van der Waals surface area contributed by atoms with E-state index in [1.165, 1.54) is 0 Å². The lowest BCUT2D eigenvalue weighted by Crippen LogP contribution is -2.19. The lowest BCUT2D eigenvalue weighted by Gasteiger charge is -2.19. The number of hydrogen-bond donors (Lipinski definition) is 1. The van der Waals surface area contributed by atoms with Crippen LogP contribution in [0, 0.1) is 5.82 Å². The van der Waals surface area contributed by atoms with E-state index in [1.54, 1.807) is 12.1 Å². The molecule has 0 radical (unpaired) electrons. The summed E-state index contributed by atoms with van der Waals surface area (Å²) in [6.07, 6.45) is 0. The molecule has 0 fully saturated rings. The molecule has 2 nitrogen and oxygen atoms in total. The first-order chi connectivity index (χ1) is 10.1. The van der Waals surface area contributed by atoms with Gasteiger partial charge in [0.1, 0.15) is 11.6 Å². The highest BCUT2D eigenvalue weighted by atomic mass is 79.9. The lowest BCUT2D eigenvalue weighted by molar-refractivity contribution is 0.338. The minimum absolute atomic E-state index is 0.227. The predicted molar refractivity (Wildman–Crippen MR) is 90.3 cm³/mol. The van der Waals surface area contributed by atoms with Gasteiger partial charge in [0.25, 0.3) is 0 Å². The molecule has 1 atom stereocenters.